The number of hydrogen-bond acceptors (Lipinski definition) is 3. The molecule has 4 heteroatoms. The maximum absolute atomic E-state index is 9.70. The number of benzene rings is 1. The molecule has 0 bridgehead atoms. The van der Waals surface area contributed by atoms with Crippen molar-refractivity contribution in [3.63, 3.8) is 0 Å². The molecule has 2 heterocycles. The van der Waals surface area contributed by atoms with E-state index < -0.39 is 0 Å². The molecular formula is C13H14N2O2. The van der Waals surface area contributed by atoms with Crippen molar-refractivity contribution in [2.24, 2.45) is 0 Å². The Morgan fingerprint density at radius 1 is 1.24 bits per heavy atom. The Labute approximate surface area is 99.2 Å². The summed E-state index contributed by atoms with van der Waals surface area (Å²) in [6.07, 6.45) is 3.26. The average Bonchev–Trinajstić information content (AvgIpc) is 2.73. The molecule has 1 aliphatic heterocycles. The van der Waals surface area contributed by atoms with Crippen molar-refractivity contribution in [1.82, 2.24) is 9.55 Å². The van der Waals surface area contributed by atoms with Gasteiger partial charge in [0.05, 0.1) is 12.6 Å². The molecule has 0 spiro atoms. The maximum Gasteiger partial charge on any atom is 0.140 e. The Bertz CT molecular complexity index is 531. The Balaban J connectivity index is 2.04. The van der Waals surface area contributed by atoms with Crippen molar-refractivity contribution in [3.05, 3.63) is 36.2 Å². The Kier molecular flexibility index (Phi) is 2.37. The van der Waals surface area contributed by atoms with Crippen LogP contribution in [0.15, 0.2) is 30.5 Å². The molecule has 3 rings (SSSR count). The smallest absolute Gasteiger partial charge is 0.140 e. The second-order valence-corrected chi connectivity index (χ2v) is 4.42. The second-order valence-electron chi connectivity index (χ2n) is 4.42. The van der Waals surface area contributed by atoms with Gasteiger partial charge in [0.25, 0.3) is 0 Å². The van der Waals surface area contributed by atoms with Gasteiger partial charge in [-0.05, 0) is 37.1 Å². The molecule has 88 valence electrons. The van der Waals surface area contributed by atoms with Crippen molar-refractivity contribution in [2.45, 2.75) is 25.5 Å². The number of phenols is 1. The van der Waals surface area contributed by atoms with Crippen LogP contribution >= 0.6 is 0 Å². The molecule has 0 amide bonds. The van der Waals surface area contributed by atoms with Crippen LogP contribution < -0.4 is 0 Å². The van der Waals surface area contributed by atoms with Gasteiger partial charge in [-0.2, -0.15) is 0 Å². The normalized spacial score (nSPS) is 19.0. The molecule has 1 aliphatic rings. The molecule has 0 fully saturated rings. The van der Waals surface area contributed by atoms with Crippen LogP contribution in [0.2, 0.25) is 0 Å². The molecule has 4 nitrogen and oxygen atoms in total. The molecule has 0 radical (unpaired) electrons. The van der Waals surface area contributed by atoms with Crippen LogP contribution in [-0.4, -0.2) is 25.9 Å². The van der Waals surface area contributed by atoms with Gasteiger partial charge in [-0.25, -0.2) is 4.98 Å². The lowest BCUT2D eigenvalue weighted by Gasteiger charge is -2.21. The van der Waals surface area contributed by atoms with Gasteiger partial charge in [0, 0.05) is 17.5 Å². The van der Waals surface area contributed by atoms with Crippen LogP contribution in [0.4, 0.5) is 0 Å². The van der Waals surface area contributed by atoms with E-state index in [1.54, 1.807) is 12.1 Å². The summed E-state index contributed by atoms with van der Waals surface area (Å²) in [5.41, 5.74) is 2.13. The Hall–Kier alpha value is -1.81. The van der Waals surface area contributed by atoms with Crippen LogP contribution in [0.25, 0.3) is 11.4 Å². The van der Waals surface area contributed by atoms with Crippen LogP contribution in [0.3, 0.4) is 0 Å². The largest absolute Gasteiger partial charge is 0.508 e. The molecule has 1 atom stereocenters. The molecule has 17 heavy (non-hydrogen) atoms. The maximum atomic E-state index is 9.70. The summed E-state index contributed by atoms with van der Waals surface area (Å²) in [5.74, 6) is 1.11. The van der Waals surface area contributed by atoms with E-state index in [0.29, 0.717) is 6.54 Å². The van der Waals surface area contributed by atoms with Crippen LogP contribution in [0, 0.1) is 0 Å². The highest BCUT2D eigenvalue weighted by Gasteiger charge is 2.20. The number of aryl methyl sites for hydroxylation is 1. The van der Waals surface area contributed by atoms with E-state index in [9.17, 15) is 10.2 Å². The lowest BCUT2D eigenvalue weighted by molar-refractivity contribution is 0.132. The van der Waals surface area contributed by atoms with Crippen LogP contribution in [0.1, 0.15) is 12.1 Å². The predicted octanol–water partition coefficient (Wildman–Crippen LogP) is 1.56. The third kappa shape index (κ3) is 1.80. The predicted molar refractivity (Wildman–Crippen MR) is 63.7 cm³/mol. The number of imidazole rings is 1. The number of aliphatic hydroxyl groups excluding tert-OH is 1. The number of rotatable bonds is 1. The molecular weight excluding hydrogens is 216 g/mol. The van der Waals surface area contributed by atoms with Gasteiger partial charge < -0.3 is 14.8 Å². The minimum atomic E-state index is -0.285. The lowest BCUT2D eigenvalue weighted by Crippen LogP contribution is -2.24. The van der Waals surface area contributed by atoms with Gasteiger partial charge in [-0.3, -0.25) is 0 Å². The summed E-state index contributed by atoms with van der Waals surface area (Å²) in [4.78, 5) is 4.40. The van der Waals surface area contributed by atoms with Crippen molar-refractivity contribution < 1.29 is 10.2 Å². The van der Waals surface area contributed by atoms with Gasteiger partial charge in [0.1, 0.15) is 11.6 Å². The van der Waals surface area contributed by atoms with E-state index in [1.807, 2.05) is 18.3 Å². The van der Waals surface area contributed by atoms with Crippen molar-refractivity contribution >= 4 is 0 Å². The van der Waals surface area contributed by atoms with E-state index in [2.05, 4.69) is 9.55 Å². The first-order valence-corrected chi connectivity index (χ1v) is 5.76. The number of fused-ring (bicyclic) bond motifs is 1. The second kappa shape index (κ2) is 3.89. The topological polar surface area (TPSA) is 58.3 Å². The summed E-state index contributed by atoms with van der Waals surface area (Å²) >= 11 is 0. The monoisotopic (exact) mass is 230 g/mol. The highest BCUT2D eigenvalue weighted by molar-refractivity contribution is 5.57. The van der Waals surface area contributed by atoms with Crippen LogP contribution in [0.5, 0.6) is 5.75 Å². The van der Waals surface area contributed by atoms with Gasteiger partial charge in [0.2, 0.25) is 0 Å². The standard InChI is InChI=1S/C13H14N2O2/c16-11-4-1-9(2-5-11)13-14-7-10-3-6-12(17)8-15(10)13/h1-2,4-5,7,12,16-17H,3,6,8H2. The van der Waals surface area contributed by atoms with Crippen molar-refractivity contribution in [2.75, 3.05) is 0 Å². The quantitative estimate of drug-likeness (QED) is 0.781. The average molecular weight is 230 g/mol. The van der Waals surface area contributed by atoms with Crippen LogP contribution in [-0.2, 0) is 13.0 Å². The Morgan fingerprint density at radius 3 is 2.76 bits per heavy atom. The van der Waals surface area contributed by atoms with Crippen molar-refractivity contribution in [3.8, 4) is 17.1 Å². The molecule has 0 saturated heterocycles. The molecule has 1 aromatic heterocycles. The van der Waals surface area contributed by atoms with E-state index in [4.69, 9.17) is 0 Å². The Morgan fingerprint density at radius 2 is 2.00 bits per heavy atom. The summed E-state index contributed by atoms with van der Waals surface area (Å²) in [5, 5.41) is 19.0. The third-order valence-electron chi connectivity index (χ3n) is 3.19. The molecule has 0 aliphatic carbocycles. The zero-order chi connectivity index (χ0) is 11.8. The summed E-state index contributed by atoms with van der Waals surface area (Å²) in [7, 11) is 0. The van der Waals surface area contributed by atoms with E-state index in [0.717, 1.165) is 24.2 Å². The highest BCUT2D eigenvalue weighted by atomic mass is 16.3. The summed E-state index contributed by atoms with van der Waals surface area (Å²) in [6, 6.07) is 6.98. The number of phenolic OH excluding ortho intramolecular Hbond substituents is 1. The lowest BCUT2D eigenvalue weighted by atomic mass is 10.1. The highest BCUT2D eigenvalue weighted by Crippen LogP contribution is 2.25. The van der Waals surface area contributed by atoms with E-state index in [-0.39, 0.29) is 11.9 Å². The zero-order valence-corrected chi connectivity index (χ0v) is 9.37. The fourth-order valence-electron chi connectivity index (χ4n) is 2.27. The molecule has 1 unspecified atom stereocenters. The minimum absolute atomic E-state index is 0.249. The third-order valence-corrected chi connectivity index (χ3v) is 3.19. The van der Waals surface area contributed by atoms with Gasteiger partial charge in [-0.1, -0.05) is 0 Å². The number of hydrogen-bond donors (Lipinski definition) is 2. The van der Waals surface area contributed by atoms with Crippen molar-refractivity contribution in [1.29, 1.82) is 0 Å². The molecule has 2 N–H and O–H groups in total. The fourth-order valence-corrected chi connectivity index (χ4v) is 2.27. The minimum Gasteiger partial charge on any atom is -0.508 e. The SMILES string of the molecule is Oc1ccc(-c2ncc3n2CC(O)CC3)cc1. The number of nitrogens with zero attached hydrogens (tertiary/aromatic N) is 2. The first-order chi connectivity index (χ1) is 8.24. The van der Waals surface area contributed by atoms with Gasteiger partial charge in [-0.15, -0.1) is 0 Å². The summed E-state index contributed by atoms with van der Waals surface area (Å²) < 4.78 is 2.06. The number of aromatic hydroxyl groups is 1. The van der Waals surface area contributed by atoms with Gasteiger partial charge in [0.15, 0.2) is 0 Å². The first kappa shape index (κ1) is 10.4. The molecule has 2 aromatic rings. The summed E-state index contributed by atoms with van der Waals surface area (Å²) in [6.45, 7) is 0.603. The fraction of sp³-hybridized carbons (Fsp3) is 0.308. The van der Waals surface area contributed by atoms with Gasteiger partial charge >= 0.3 is 0 Å². The molecule has 1 aromatic carbocycles. The zero-order valence-electron chi connectivity index (χ0n) is 9.37. The van der Waals surface area contributed by atoms with E-state index in [1.165, 1.54) is 5.69 Å². The number of aromatic nitrogens is 2. The molecule has 0 saturated carbocycles. The first-order valence-electron chi connectivity index (χ1n) is 5.76. The van der Waals surface area contributed by atoms with E-state index >= 15 is 0 Å². The number of aliphatic hydroxyl groups is 1.